The molecule has 1 aromatic carbocycles. The molecule has 0 saturated carbocycles. The Morgan fingerprint density at radius 2 is 2.05 bits per heavy atom. The van der Waals surface area contributed by atoms with Gasteiger partial charge < -0.3 is 10.2 Å². The third-order valence-corrected chi connectivity index (χ3v) is 4.83. The van der Waals surface area contributed by atoms with Crippen LogP contribution in [0.25, 0.3) is 0 Å². The maximum Gasteiger partial charge on any atom is 0.0426 e. The molecule has 0 aliphatic carbocycles. The quantitative estimate of drug-likeness (QED) is 0.857. The first-order chi connectivity index (χ1) is 9.97. The first kappa shape index (κ1) is 16.6. The predicted octanol–water partition coefficient (Wildman–Crippen LogP) is 4.57. The number of halogens is 1. The van der Waals surface area contributed by atoms with E-state index in [1.165, 1.54) is 17.7 Å². The zero-order valence-electron chi connectivity index (χ0n) is 13.8. The first-order valence-electron chi connectivity index (χ1n) is 8.21. The van der Waals surface area contributed by atoms with E-state index < -0.39 is 0 Å². The molecule has 0 spiro atoms. The summed E-state index contributed by atoms with van der Waals surface area (Å²) < 4.78 is 0. The Balaban J connectivity index is 2.11. The Labute approximate surface area is 134 Å². The summed E-state index contributed by atoms with van der Waals surface area (Å²) in [6.45, 7) is 13.5. The minimum atomic E-state index is 0.677. The van der Waals surface area contributed by atoms with Crippen molar-refractivity contribution >= 4 is 17.3 Å². The molecule has 1 aliphatic heterocycles. The monoisotopic (exact) mass is 308 g/mol. The largest absolute Gasteiger partial charge is 0.371 e. The maximum atomic E-state index is 6.24. The van der Waals surface area contributed by atoms with Gasteiger partial charge in [-0.3, -0.25) is 0 Å². The highest BCUT2D eigenvalue weighted by Crippen LogP contribution is 2.31. The minimum Gasteiger partial charge on any atom is -0.371 e. The number of hydrogen-bond acceptors (Lipinski definition) is 2. The van der Waals surface area contributed by atoms with Gasteiger partial charge in [-0.2, -0.15) is 0 Å². The minimum absolute atomic E-state index is 0.677. The lowest BCUT2D eigenvalue weighted by atomic mass is 9.88. The molecular weight excluding hydrogens is 280 g/mol. The van der Waals surface area contributed by atoms with E-state index in [2.05, 4.69) is 50.0 Å². The fraction of sp³-hybridized carbons (Fsp3) is 0.667. The molecule has 1 fully saturated rings. The normalized spacial score (nSPS) is 22.9. The van der Waals surface area contributed by atoms with E-state index >= 15 is 0 Å². The number of piperidine rings is 1. The summed E-state index contributed by atoms with van der Waals surface area (Å²) in [6.07, 6.45) is 1.27. The van der Waals surface area contributed by atoms with E-state index in [9.17, 15) is 0 Å². The molecule has 0 bridgehead atoms. The van der Waals surface area contributed by atoms with Crippen LogP contribution in [-0.2, 0) is 6.54 Å². The summed E-state index contributed by atoms with van der Waals surface area (Å²) in [5, 5.41) is 4.39. The summed E-state index contributed by atoms with van der Waals surface area (Å²) in [6, 6.07) is 6.32. The summed E-state index contributed by atoms with van der Waals surface area (Å²) in [5.74, 6) is 2.24. The summed E-state index contributed by atoms with van der Waals surface area (Å²) >= 11 is 6.24. The molecule has 2 unspecified atom stereocenters. The number of nitrogens with zero attached hydrogens (tertiary/aromatic N) is 1. The van der Waals surface area contributed by atoms with Crippen molar-refractivity contribution in [1.82, 2.24) is 5.32 Å². The topological polar surface area (TPSA) is 15.3 Å². The van der Waals surface area contributed by atoms with Gasteiger partial charge in [0.2, 0.25) is 0 Å². The van der Waals surface area contributed by atoms with Crippen LogP contribution < -0.4 is 10.2 Å². The van der Waals surface area contributed by atoms with Gasteiger partial charge in [-0.15, -0.1) is 0 Å². The van der Waals surface area contributed by atoms with Crippen molar-refractivity contribution in [3.63, 3.8) is 0 Å². The van der Waals surface area contributed by atoms with Crippen molar-refractivity contribution in [2.75, 3.05) is 24.5 Å². The smallest absolute Gasteiger partial charge is 0.0426 e. The molecule has 2 nitrogen and oxygen atoms in total. The van der Waals surface area contributed by atoms with Gasteiger partial charge in [-0.1, -0.05) is 45.4 Å². The van der Waals surface area contributed by atoms with Crippen LogP contribution in [0.3, 0.4) is 0 Å². The van der Waals surface area contributed by atoms with Crippen LogP contribution in [0.4, 0.5) is 5.69 Å². The molecule has 0 radical (unpaired) electrons. The van der Waals surface area contributed by atoms with Crippen molar-refractivity contribution in [3.05, 3.63) is 28.8 Å². The van der Waals surface area contributed by atoms with Crippen molar-refractivity contribution in [2.45, 2.75) is 40.7 Å². The van der Waals surface area contributed by atoms with Crippen LogP contribution in [0, 0.1) is 17.8 Å². The predicted molar refractivity (Wildman–Crippen MR) is 93.2 cm³/mol. The lowest BCUT2D eigenvalue weighted by molar-refractivity contribution is 0.323. The number of nitrogens with one attached hydrogen (secondary N) is 1. The van der Waals surface area contributed by atoms with E-state index in [0.29, 0.717) is 5.92 Å². The van der Waals surface area contributed by atoms with Crippen molar-refractivity contribution in [3.8, 4) is 0 Å². The molecule has 1 aliphatic rings. The van der Waals surface area contributed by atoms with Gasteiger partial charge >= 0.3 is 0 Å². The number of rotatable bonds is 5. The van der Waals surface area contributed by atoms with Gasteiger partial charge in [0.15, 0.2) is 0 Å². The average Bonchev–Trinajstić information content (AvgIpc) is 2.43. The molecule has 2 atom stereocenters. The molecule has 3 heteroatoms. The third-order valence-electron chi connectivity index (χ3n) is 4.59. The fourth-order valence-electron chi connectivity index (χ4n) is 2.96. The van der Waals surface area contributed by atoms with Gasteiger partial charge in [0.1, 0.15) is 0 Å². The van der Waals surface area contributed by atoms with E-state index in [-0.39, 0.29) is 0 Å². The summed E-state index contributed by atoms with van der Waals surface area (Å²) in [4.78, 5) is 2.52. The van der Waals surface area contributed by atoms with E-state index in [0.717, 1.165) is 43.0 Å². The Morgan fingerprint density at radius 3 is 2.71 bits per heavy atom. The van der Waals surface area contributed by atoms with Gasteiger partial charge in [0, 0.05) is 30.3 Å². The van der Waals surface area contributed by atoms with Crippen LogP contribution in [0.1, 0.15) is 39.7 Å². The fourth-order valence-corrected chi connectivity index (χ4v) is 3.12. The lowest BCUT2D eigenvalue weighted by Crippen LogP contribution is -2.39. The zero-order chi connectivity index (χ0) is 15.4. The Kier molecular flexibility index (Phi) is 5.95. The molecule has 118 valence electrons. The Bertz CT molecular complexity index is 459. The number of anilines is 1. The van der Waals surface area contributed by atoms with Crippen LogP contribution in [0.2, 0.25) is 5.02 Å². The Morgan fingerprint density at radius 1 is 1.29 bits per heavy atom. The zero-order valence-corrected chi connectivity index (χ0v) is 14.6. The van der Waals surface area contributed by atoms with E-state index in [1.807, 2.05) is 6.07 Å². The van der Waals surface area contributed by atoms with Gasteiger partial charge in [-0.05, 0) is 48.4 Å². The van der Waals surface area contributed by atoms with Crippen molar-refractivity contribution in [1.29, 1.82) is 0 Å². The molecule has 1 heterocycles. The molecule has 1 saturated heterocycles. The lowest BCUT2D eigenvalue weighted by Gasteiger charge is -2.38. The highest BCUT2D eigenvalue weighted by atomic mass is 35.5. The molecular formula is C18H29ClN2. The van der Waals surface area contributed by atoms with Crippen LogP contribution in [0.5, 0.6) is 0 Å². The second kappa shape index (κ2) is 7.51. The second-order valence-electron chi connectivity index (χ2n) is 6.99. The van der Waals surface area contributed by atoms with Crippen LogP contribution >= 0.6 is 11.6 Å². The molecule has 1 aromatic rings. The van der Waals surface area contributed by atoms with Gasteiger partial charge in [0.25, 0.3) is 0 Å². The highest BCUT2D eigenvalue weighted by Gasteiger charge is 2.24. The summed E-state index contributed by atoms with van der Waals surface area (Å²) in [5.41, 5.74) is 2.68. The SMILES string of the molecule is CC(C)CNCc1ccc(Cl)cc1N1CCC(C)C(C)C1. The molecule has 0 amide bonds. The van der Waals surface area contributed by atoms with Gasteiger partial charge in [0.05, 0.1) is 0 Å². The maximum absolute atomic E-state index is 6.24. The van der Waals surface area contributed by atoms with Crippen molar-refractivity contribution in [2.24, 2.45) is 17.8 Å². The average molecular weight is 309 g/mol. The molecule has 1 N–H and O–H groups in total. The summed E-state index contributed by atoms with van der Waals surface area (Å²) in [7, 11) is 0. The molecule has 2 rings (SSSR count). The van der Waals surface area contributed by atoms with Gasteiger partial charge in [-0.25, -0.2) is 0 Å². The second-order valence-corrected chi connectivity index (χ2v) is 7.42. The number of hydrogen-bond donors (Lipinski definition) is 1. The number of benzene rings is 1. The van der Waals surface area contributed by atoms with Crippen LogP contribution in [-0.4, -0.2) is 19.6 Å². The standard InChI is InChI=1S/C18H29ClN2/c1-13(2)10-20-11-16-5-6-17(19)9-18(16)21-8-7-14(3)15(4)12-21/h5-6,9,13-15,20H,7-8,10-12H2,1-4H3. The first-order valence-corrected chi connectivity index (χ1v) is 8.59. The highest BCUT2D eigenvalue weighted by molar-refractivity contribution is 6.30. The Hall–Kier alpha value is -0.730. The third kappa shape index (κ3) is 4.62. The van der Waals surface area contributed by atoms with E-state index in [4.69, 9.17) is 11.6 Å². The molecule has 21 heavy (non-hydrogen) atoms. The van der Waals surface area contributed by atoms with E-state index in [1.54, 1.807) is 0 Å². The van der Waals surface area contributed by atoms with Crippen LogP contribution in [0.15, 0.2) is 18.2 Å². The molecule has 0 aromatic heterocycles. The van der Waals surface area contributed by atoms with Crippen molar-refractivity contribution < 1.29 is 0 Å².